The van der Waals surface area contributed by atoms with Crippen LogP contribution in [-0.4, -0.2) is 15.8 Å². The number of rotatable bonds is 3. The molecule has 2 rings (SSSR count). The van der Waals surface area contributed by atoms with Gasteiger partial charge in [-0.25, -0.2) is 9.97 Å². The third-order valence-electron chi connectivity index (χ3n) is 3.64. The Morgan fingerprint density at radius 3 is 2.44 bits per heavy atom. The van der Waals surface area contributed by atoms with Gasteiger partial charge >= 0.3 is 0 Å². The second-order valence-corrected chi connectivity index (χ2v) is 4.62. The minimum atomic E-state index is 0.203. The van der Waals surface area contributed by atoms with E-state index in [4.69, 9.17) is 0 Å². The van der Waals surface area contributed by atoms with Crippen LogP contribution < -0.4 is 0 Å². The summed E-state index contributed by atoms with van der Waals surface area (Å²) in [5.41, 5.74) is 0.669. The van der Waals surface area contributed by atoms with Gasteiger partial charge in [0.05, 0.1) is 5.56 Å². The van der Waals surface area contributed by atoms with E-state index < -0.39 is 0 Å². The normalized spacial score (nSPS) is 25.3. The van der Waals surface area contributed by atoms with Gasteiger partial charge in [-0.2, -0.15) is 0 Å². The first-order valence-electron chi connectivity index (χ1n) is 6.10. The fourth-order valence-electron chi connectivity index (χ4n) is 2.49. The molecule has 0 spiro atoms. The number of hydrogen-bond acceptors (Lipinski definition) is 3. The number of nitrogens with zero attached hydrogens (tertiary/aromatic N) is 2. The standard InChI is InChI=1S/C13H18N2O/c1-2-10-3-5-11(6-4-10)13(16)12-7-14-9-15-8-12/h7-11H,2-6H2,1H3. The topological polar surface area (TPSA) is 42.9 Å². The van der Waals surface area contributed by atoms with Crippen molar-refractivity contribution >= 4 is 5.78 Å². The van der Waals surface area contributed by atoms with Crippen molar-refractivity contribution in [3.63, 3.8) is 0 Å². The number of hydrogen-bond donors (Lipinski definition) is 0. The Morgan fingerprint density at radius 1 is 1.25 bits per heavy atom. The van der Waals surface area contributed by atoms with Crippen molar-refractivity contribution < 1.29 is 4.79 Å². The SMILES string of the molecule is CCC1CCC(C(=O)c2cncnc2)CC1. The van der Waals surface area contributed by atoms with E-state index in [1.54, 1.807) is 12.4 Å². The highest BCUT2D eigenvalue weighted by atomic mass is 16.1. The van der Waals surface area contributed by atoms with Crippen LogP contribution in [0.25, 0.3) is 0 Å². The van der Waals surface area contributed by atoms with Gasteiger partial charge in [0.1, 0.15) is 6.33 Å². The Kier molecular flexibility index (Phi) is 3.65. The van der Waals surface area contributed by atoms with E-state index in [2.05, 4.69) is 16.9 Å². The van der Waals surface area contributed by atoms with Gasteiger partial charge in [-0.15, -0.1) is 0 Å². The predicted octanol–water partition coefficient (Wildman–Crippen LogP) is 2.88. The first kappa shape index (κ1) is 11.2. The Bertz CT molecular complexity index is 342. The maximum Gasteiger partial charge on any atom is 0.169 e. The molecule has 0 unspecified atom stereocenters. The molecule has 3 nitrogen and oxygen atoms in total. The molecule has 0 bridgehead atoms. The van der Waals surface area contributed by atoms with Crippen molar-refractivity contribution in [2.75, 3.05) is 0 Å². The minimum Gasteiger partial charge on any atom is -0.294 e. The summed E-state index contributed by atoms with van der Waals surface area (Å²) in [6.07, 6.45) is 10.4. The van der Waals surface area contributed by atoms with Crippen LogP contribution in [0.2, 0.25) is 0 Å². The fraction of sp³-hybridized carbons (Fsp3) is 0.615. The molecule has 1 aromatic heterocycles. The van der Waals surface area contributed by atoms with E-state index in [1.165, 1.54) is 25.6 Å². The average molecular weight is 218 g/mol. The number of carbonyl (C=O) groups excluding carboxylic acids is 1. The highest BCUT2D eigenvalue weighted by Crippen LogP contribution is 2.32. The van der Waals surface area contributed by atoms with E-state index in [1.807, 2.05) is 0 Å². The number of ketones is 1. The molecule has 0 amide bonds. The molecular formula is C13H18N2O. The summed E-state index contributed by atoms with van der Waals surface area (Å²) in [7, 11) is 0. The van der Waals surface area contributed by atoms with Gasteiger partial charge < -0.3 is 0 Å². The van der Waals surface area contributed by atoms with E-state index in [0.29, 0.717) is 5.56 Å². The Hall–Kier alpha value is -1.25. The lowest BCUT2D eigenvalue weighted by Gasteiger charge is -2.26. The quantitative estimate of drug-likeness (QED) is 0.733. The average Bonchev–Trinajstić information content (AvgIpc) is 2.39. The van der Waals surface area contributed by atoms with Crippen molar-refractivity contribution in [3.8, 4) is 0 Å². The van der Waals surface area contributed by atoms with Crippen molar-refractivity contribution in [3.05, 3.63) is 24.3 Å². The summed E-state index contributed by atoms with van der Waals surface area (Å²) in [6, 6.07) is 0. The molecule has 16 heavy (non-hydrogen) atoms. The zero-order valence-corrected chi connectivity index (χ0v) is 9.72. The molecule has 0 saturated heterocycles. The molecule has 1 fully saturated rings. The first-order valence-corrected chi connectivity index (χ1v) is 6.10. The molecule has 1 aliphatic rings. The van der Waals surface area contributed by atoms with Crippen molar-refractivity contribution in [2.24, 2.45) is 11.8 Å². The van der Waals surface area contributed by atoms with Crippen LogP contribution in [0.5, 0.6) is 0 Å². The Morgan fingerprint density at radius 2 is 1.88 bits per heavy atom. The molecule has 0 aromatic carbocycles. The summed E-state index contributed by atoms with van der Waals surface area (Å²) in [5.74, 6) is 1.26. The van der Waals surface area contributed by atoms with Gasteiger partial charge in [0.2, 0.25) is 0 Å². The number of Topliss-reactive ketones (excluding diaryl/α,β-unsaturated/α-hetero) is 1. The molecule has 86 valence electrons. The molecule has 0 N–H and O–H groups in total. The lowest BCUT2D eigenvalue weighted by molar-refractivity contribution is 0.0870. The van der Waals surface area contributed by atoms with Crippen LogP contribution in [0.1, 0.15) is 49.4 Å². The van der Waals surface area contributed by atoms with Crippen LogP contribution in [0.15, 0.2) is 18.7 Å². The van der Waals surface area contributed by atoms with E-state index >= 15 is 0 Å². The number of carbonyl (C=O) groups is 1. The minimum absolute atomic E-state index is 0.203. The molecule has 1 aliphatic carbocycles. The molecule has 1 aromatic rings. The maximum atomic E-state index is 12.1. The first-order chi connectivity index (χ1) is 7.81. The molecule has 0 aliphatic heterocycles. The zero-order valence-electron chi connectivity index (χ0n) is 9.72. The second-order valence-electron chi connectivity index (χ2n) is 4.62. The highest BCUT2D eigenvalue weighted by Gasteiger charge is 2.26. The highest BCUT2D eigenvalue weighted by molar-refractivity contribution is 5.97. The van der Waals surface area contributed by atoms with Gasteiger partial charge in [-0.05, 0) is 31.6 Å². The Balaban J connectivity index is 1.97. The number of aromatic nitrogens is 2. The Labute approximate surface area is 96.3 Å². The summed E-state index contributed by atoms with van der Waals surface area (Å²) in [4.78, 5) is 19.9. The van der Waals surface area contributed by atoms with Gasteiger partial charge in [0.15, 0.2) is 5.78 Å². The van der Waals surface area contributed by atoms with E-state index in [0.717, 1.165) is 18.8 Å². The van der Waals surface area contributed by atoms with Gasteiger partial charge in [-0.1, -0.05) is 13.3 Å². The van der Waals surface area contributed by atoms with Gasteiger partial charge in [-0.3, -0.25) is 4.79 Å². The van der Waals surface area contributed by atoms with E-state index in [9.17, 15) is 4.79 Å². The predicted molar refractivity (Wildman–Crippen MR) is 62.1 cm³/mol. The molecular weight excluding hydrogens is 200 g/mol. The third kappa shape index (κ3) is 2.46. The molecule has 1 saturated carbocycles. The molecule has 0 atom stereocenters. The smallest absolute Gasteiger partial charge is 0.169 e. The fourth-order valence-corrected chi connectivity index (χ4v) is 2.49. The van der Waals surface area contributed by atoms with Crippen LogP contribution in [0.3, 0.4) is 0 Å². The largest absolute Gasteiger partial charge is 0.294 e. The van der Waals surface area contributed by atoms with Crippen molar-refractivity contribution in [2.45, 2.75) is 39.0 Å². The summed E-state index contributed by atoms with van der Waals surface area (Å²) < 4.78 is 0. The lowest BCUT2D eigenvalue weighted by Crippen LogP contribution is -2.22. The summed E-state index contributed by atoms with van der Waals surface area (Å²) in [5, 5.41) is 0. The summed E-state index contributed by atoms with van der Waals surface area (Å²) in [6.45, 7) is 2.23. The van der Waals surface area contributed by atoms with Crippen LogP contribution in [-0.2, 0) is 0 Å². The lowest BCUT2D eigenvalue weighted by atomic mass is 9.78. The van der Waals surface area contributed by atoms with Crippen LogP contribution in [0.4, 0.5) is 0 Å². The maximum absolute atomic E-state index is 12.1. The summed E-state index contributed by atoms with van der Waals surface area (Å²) >= 11 is 0. The van der Waals surface area contributed by atoms with Crippen LogP contribution >= 0.6 is 0 Å². The molecule has 1 heterocycles. The monoisotopic (exact) mass is 218 g/mol. The van der Waals surface area contributed by atoms with Crippen LogP contribution in [0, 0.1) is 11.8 Å². The van der Waals surface area contributed by atoms with Gasteiger partial charge in [0, 0.05) is 18.3 Å². The third-order valence-corrected chi connectivity index (χ3v) is 3.64. The zero-order chi connectivity index (χ0) is 11.4. The van der Waals surface area contributed by atoms with E-state index in [-0.39, 0.29) is 11.7 Å². The van der Waals surface area contributed by atoms with Crippen molar-refractivity contribution in [1.29, 1.82) is 0 Å². The second kappa shape index (κ2) is 5.19. The van der Waals surface area contributed by atoms with Crippen molar-refractivity contribution in [1.82, 2.24) is 9.97 Å². The molecule has 0 radical (unpaired) electrons. The molecule has 3 heteroatoms. The van der Waals surface area contributed by atoms with Gasteiger partial charge in [0.25, 0.3) is 0 Å².